The molecule has 1 N–H and O–H groups in total. The van der Waals surface area contributed by atoms with Gasteiger partial charge in [-0.05, 0) is 31.2 Å². The van der Waals surface area contributed by atoms with Crippen LogP contribution in [-0.2, 0) is 13.6 Å². The molecular weight excluding hydrogens is 349 g/mol. The van der Waals surface area contributed by atoms with Gasteiger partial charge >= 0.3 is 0 Å². The third-order valence-corrected chi connectivity index (χ3v) is 5.11. The molecule has 1 aromatic carbocycles. The molecule has 0 amide bonds. The van der Waals surface area contributed by atoms with Crippen LogP contribution in [0.15, 0.2) is 35.1 Å². The molecule has 1 saturated heterocycles. The average Bonchev–Trinajstić information content (AvgIpc) is 2.66. The summed E-state index contributed by atoms with van der Waals surface area (Å²) in [6, 6.07) is 7.50. The number of hydrogen-bond donors (Lipinski definition) is 1. The topological polar surface area (TPSA) is 57.9 Å². The Morgan fingerprint density at radius 2 is 1.74 bits per heavy atom. The van der Waals surface area contributed by atoms with Crippen molar-refractivity contribution in [2.24, 2.45) is 7.05 Å². The van der Waals surface area contributed by atoms with E-state index in [1.54, 1.807) is 12.1 Å². The van der Waals surface area contributed by atoms with Crippen LogP contribution in [0.2, 0.25) is 0 Å². The molecule has 0 unspecified atom stereocenters. The average molecular weight is 375 g/mol. The van der Waals surface area contributed by atoms with Gasteiger partial charge in [-0.2, -0.15) is 0 Å². The number of piperazine rings is 1. The quantitative estimate of drug-likeness (QED) is 0.833. The zero-order valence-electron chi connectivity index (χ0n) is 15.8. The number of pyridine rings is 1. The van der Waals surface area contributed by atoms with Crippen LogP contribution in [0.5, 0.6) is 11.5 Å². The fourth-order valence-corrected chi connectivity index (χ4v) is 3.26. The molecule has 146 valence electrons. The van der Waals surface area contributed by atoms with Gasteiger partial charge in [0.1, 0.15) is 18.2 Å². The molecule has 2 aromatic rings. The normalized spacial score (nSPS) is 15.8. The largest absolute Gasteiger partial charge is 0.503 e. The summed E-state index contributed by atoms with van der Waals surface area (Å²) in [6.07, 6.45) is 0. The van der Waals surface area contributed by atoms with E-state index in [1.807, 2.05) is 18.5 Å². The predicted molar refractivity (Wildman–Crippen MR) is 102 cm³/mol. The van der Waals surface area contributed by atoms with Crippen molar-refractivity contribution in [2.45, 2.75) is 13.5 Å². The van der Waals surface area contributed by atoms with Crippen LogP contribution in [0.25, 0.3) is 0 Å². The van der Waals surface area contributed by atoms with E-state index >= 15 is 0 Å². The summed E-state index contributed by atoms with van der Waals surface area (Å²) in [5.41, 5.74) is 1.18. The SMILES string of the molecule is Cc1cc(=O)c(O)c(CN2CCN(CCOc3ccc(F)cc3)CC2)n1C. The fourth-order valence-electron chi connectivity index (χ4n) is 3.26. The summed E-state index contributed by atoms with van der Waals surface area (Å²) in [5, 5.41) is 10.1. The highest BCUT2D eigenvalue weighted by Crippen LogP contribution is 2.17. The summed E-state index contributed by atoms with van der Waals surface area (Å²) in [5.74, 6) is 0.250. The Balaban J connectivity index is 1.47. The number of halogens is 1. The number of rotatable bonds is 6. The highest BCUT2D eigenvalue weighted by Gasteiger charge is 2.20. The number of ether oxygens (including phenoxy) is 1. The lowest BCUT2D eigenvalue weighted by Crippen LogP contribution is -2.47. The molecule has 0 atom stereocenters. The zero-order valence-corrected chi connectivity index (χ0v) is 15.8. The predicted octanol–water partition coefficient (Wildman–Crippen LogP) is 1.74. The number of aromatic nitrogens is 1. The Morgan fingerprint density at radius 1 is 1.11 bits per heavy atom. The van der Waals surface area contributed by atoms with Gasteiger partial charge in [0.2, 0.25) is 5.43 Å². The zero-order chi connectivity index (χ0) is 19.4. The Kier molecular flexibility index (Phi) is 6.13. The van der Waals surface area contributed by atoms with E-state index in [1.165, 1.54) is 18.2 Å². The lowest BCUT2D eigenvalue weighted by Gasteiger charge is -2.35. The number of aryl methyl sites for hydroxylation is 1. The minimum absolute atomic E-state index is 0.154. The number of aromatic hydroxyl groups is 1. The standard InChI is InChI=1S/C20H26FN3O3/c1-15-13-19(25)20(26)18(22(15)2)14-24-9-7-23(8-10-24)11-12-27-17-5-3-16(21)4-6-17/h3-6,13,26H,7-12,14H2,1-2H3. The molecule has 1 aromatic heterocycles. The van der Waals surface area contributed by atoms with Gasteiger partial charge in [-0.3, -0.25) is 14.6 Å². The van der Waals surface area contributed by atoms with E-state index in [0.29, 0.717) is 24.6 Å². The second kappa shape index (κ2) is 8.54. The minimum Gasteiger partial charge on any atom is -0.503 e. The highest BCUT2D eigenvalue weighted by atomic mass is 19.1. The van der Waals surface area contributed by atoms with Gasteiger partial charge in [0.15, 0.2) is 5.75 Å². The van der Waals surface area contributed by atoms with Crippen molar-refractivity contribution >= 4 is 0 Å². The fraction of sp³-hybridized carbons (Fsp3) is 0.450. The van der Waals surface area contributed by atoms with Gasteiger partial charge in [-0.1, -0.05) is 0 Å². The lowest BCUT2D eigenvalue weighted by atomic mass is 10.2. The van der Waals surface area contributed by atoms with Crippen LogP contribution >= 0.6 is 0 Å². The third-order valence-electron chi connectivity index (χ3n) is 5.11. The minimum atomic E-state index is -0.322. The van der Waals surface area contributed by atoms with Crippen molar-refractivity contribution < 1.29 is 14.2 Å². The molecule has 3 rings (SSSR count). The molecular formula is C20H26FN3O3. The molecule has 27 heavy (non-hydrogen) atoms. The number of nitrogens with zero attached hydrogens (tertiary/aromatic N) is 3. The van der Waals surface area contributed by atoms with Gasteiger partial charge in [-0.25, -0.2) is 4.39 Å². The van der Waals surface area contributed by atoms with E-state index in [4.69, 9.17) is 4.74 Å². The van der Waals surface area contributed by atoms with Crippen LogP contribution in [0.3, 0.4) is 0 Å². The molecule has 0 spiro atoms. The van der Waals surface area contributed by atoms with E-state index in [0.717, 1.165) is 38.4 Å². The summed E-state index contributed by atoms with van der Waals surface area (Å²) < 4.78 is 20.4. The first-order chi connectivity index (χ1) is 12.9. The molecule has 0 bridgehead atoms. The molecule has 1 aliphatic heterocycles. The Bertz CT molecular complexity index is 828. The molecule has 6 nitrogen and oxygen atoms in total. The van der Waals surface area contributed by atoms with E-state index < -0.39 is 0 Å². The van der Waals surface area contributed by atoms with E-state index in [9.17, 15) is 14.3 Å². The van der Waals surface area contributed by atoms with Crippen molar-refractivity contribution in [1.82, 2.24) is 14.4 Å². The van der Waals surface area contributed by atoms with Crippen LogP contribution in [0.4, 0.5) is 4.39 Å². The first-order valence-electron chi connectivity index (χ1n) is 9.15. The second-order valence-corrected chi connectivity index (χ2v) is 6.92. The smallest absolute Gasteiger partial charge is 0.223 e. The number of hydrogen-bond acceptors (Lipinski definition) is 5. The third kappa shape index (κ3) is 4.87. The van der Waals surface area contributed by atoms with E-state index in [-0.39, 0.29) is 17.0 Å². The van der Waals surface area contributed by atoms with Gasteiger partial charge in [0, 0.05) is 58.1 Å². The maximum absolute atomic E-state index is 12.9. The molecule has 2 heterocycles. The van der Waals surface area contributed by atoms with Crippen LogP contribution in [-0.4, -0.2) is 58.8 Å². The Morgan fingerprint density at radius 3 is 2.41 bits per heavy atom. The first-order valence-corrected chi connectivity index (χ1v) is 9.15. The van der Waals surface area contributed by atoms with Crippen LogP contribution in [0, 0.1) is 12.7 Å². The van der Waals surface area contributed by atoms with Crippen molar-refractivity contribution in [2.75, 3.05) is 39.3 Å². The highest BCUT2D eigenvalue weighted by molar-refractivity contribution is 5.29. The van der Waals surface area contributed by atoms with Crippen LogP contribution < -0.4 is 10.2 Å². The van der Waals surface area contributed by atoms with Crippen molar-refractivity contribution in [3.05, 3.63) is 57.8 Å². The Labute approximate surface area is 158 Å². The number of benzene rings is 1. The molecule has 0 radical (unpaired) electrons. The van der Waals surface area contributed by atoms with E-state index in [2.05, 4.69) is 9.80 Å². The van der Waals surface area contributed by atoms with Gasteiger partial charge in [0.05, 0.1) is 5.69 Å². The monoisotopic (exact) mass is 375 g/mol. The molecule has 7 heteroatoms. The summed E-state index contributed by atoms with van der Waals surface area (Å²) >= 11 is 0. The van der Waals surface area contributed by atoms with Gasteiger partial charge < -0.3 is 14.4 Å². The summed E-state index contributed by atoms with van der Waals surface area (Å²) in [4.78, 5) is 16.4. The molecule has 1 fully saturated rings. The molecule has 1 aliphatic rings. The molecule has 0 saturated carbocycles. The maximum atomic E-state index is 12.9. The van der Waals surface area contributed by atoms with Gasteiger partial charge in [-0.15, -0.1) is 0 Å². The first kappa shape index (κ1) is 19.4. The molecule has 0 aliphatic carbocycles. The Hall–Kier alpha value is -2.38. The van der Waals surface area contributed by atoms with Crippen LogP contribution in [0.1, 0.15) is 11.4 Å². The second-order valence-electron chi connectivity index (χ2n) is 6.92. The summed E-state index contributed by atoms with van der Waals surface area (Å²) in [6.45, 7) is 7.29. The van der Waals surface area contributed by atoms with Crippen molar-refractivity contribution in [3.63, 3.8) is 0 Å². The van der Waals surface area contributed by atoms with Gasteiger partial charge in [0.25, 0.3) is 0 Å². The summed E-state index contributed by atoms with van der Waals surface area (Å²) in [7, 11) is 1.87. The maximum Gasteiger partial charge on any atom is 0.223 e. The van der Waals surface area contributed by atoms with Crippen molar-refractivity contribution in [1.29, 1.82) is 0 Å². The van der Waals surface area contributed by atoms with Crippen molar-refractivity contribution in [3.8, 4) is 11.5 Å². The lowest BCUT2D eigenvalue weighted by molar-refractivity contribution is 0.110.